The highest BCUT2D eigenvalue weighted by Gasteiger charge is 2.28. The Morgan fingerprint density at radius 2 is 1.86 bits per heavy atom. The van der Waals surface area contributed by atoms with Crippen LogP contribution in [0.1, 0.15) is 46.0 Å². The lowest BCUT2D eigenvalue weighted by Gasteiger charge is -2.24. The minimum atomic E-state index is -0.964. The summed E-state index contributed by atoms with van der Waals surface area (Å²) in [5, 5.41) is 0. The van der Waals surface area contributed by atoms with Gasteiger partial charge in [0.2, 0.25) is 0 Å². The lowest BCUT2D eigenvalue weighted by molar-refractivity contribution is -0.164. The maximum atomic E-state index is 11.6. The van der Waals surface area contributed by atoms with E-state index in [0.717, 1.165) is 25.7 Å². The zero-order valence-corrected chi connectivity index (χ0v) is 8.91. The van der Waals surface area contributed by atoms with Gasteiger partial charge in [-0.1, -0.05) is 19.3 Å². The fourth-order valence-electron chi connectivity index (χ4n) is 1.70. The largest absolute Gasteiger partial charge is 0.452 e. The number of carbonyl (C=O) groups excluding carboxylic acids is 2. The van der Waals surface area contributed by atoms with E-state index in [1.165, 1.54) is 6.42 Å². The highest BCUT2D eigenvalue weighted by atomic mass is 16.6. The van der Waals surface area contributed by atoms with Crippen molar-refractivity contribution in [1.82, 2.24) is 0 Å². The maximum Gasteiger partial charge on any atom is 0.309 e. The predicted molar refractivity (Wildman–Crippen MR) is 52.8 cm³/mol. The van der Waals surface area contributed by atoms with Crippen LogP contribution in [0.25, 0.3) is 0 Å². The third kappa shape index (κ3) is 3.13. The monoisotopic (exact) mass is 198 g/mol. The van der Waals surface area contributed by atoms with Gasteiger partial charge in [0.1, 0.15) is 0 Å². The molecule has 0 bridgehead atoms. The number of hydrogen-bond donors (Lipinski definition) is 0. The van der Waals surface area contributed by atoms with Crippen LogP contribution in [-0.2, 0) is 14.3 Å². The van der Waals surface area contributed by atoms with Crippen molar-refractivity contribution in [3.05, 3.63) is 0 Å². The van der Waals surface area contributed by atoms with Crippen LogP contribution in [0.4, 0.5) is 0 Å². The van der Waals surface area contributed by atoms with Gasteiger partial charge in [0.05, 0.1) is 5.92 Å². The van der Waals surface area contributed by atoms with Crippen LogP contribution < -0.4 is 0 Å². The van der Waals surface area contributed by atoms with Crippen LogP contribution in [0.2, 0.25) is 0 Å². The summed E-state index contributed by atoms with van der Waals surface area (Å²) in [4.78, 5) is 22.2. The summed E-state index contributed by atoms with van der Waals surface area (Å²) < 4.78 is 5.12. The zero-order chi connectivity index (χ0) is 10.6. The Kier molecular flexibility index (Phi) is 3.67. The fourth-order valence-corrected chi connectivity index (χ4v) is 1.70. The molecule has 1 rings (SSSR count). The SMILES string of the molecule is CC(C)(C=O)OC(=O)C1CCCCC1. The average Bonchev–Trinajstić information content (AvgIpc) is 2.19. The number of carbonyl (C=O) groups is 2. The van der Waals surface area contributed by atoms with Gasteiger partial charge in [-0.2, -0.15) is 0 Å². The van der Waals surface area contributed by atoms with Gasteiger partial charge in [-0.3, -0.25) is 9.59 Å². The molecule has 1 fully saturated rings. The van der Waals surface area contributed by atoms with Crippen LogP contribution in [0.15, 0.2) is 0 Å². The summed E-state index contributed by atoms with van der Waals surface area (Å²) >= 11 is 0. The molecule has 0 saturated heterocycles. The van der Waals surface area contributed by atoms with Crippen LogP contribution in [0.5, 0.6) is 0 Å². The van der Waals surface area contributed by atoms with E-state index in [0.29, 0.717) is 6.29 Å². The summed E-state index contributed by atoms with van der Waals surface area (Å²) in [6.45, 7) is 3.22. The van der Waals surface area contributed by atoms with Crippen molar-refractivity contribution in [2.24, 2.45) is 5.92 Å². The molecule has 0 aromatic rings. The first kappa shape index (κ1) is 11.2. The van der Waals surface area contributed by atoms with E-state index in [-0.39, 0.29) is 11.9 Å². The van der Waals surface area contributed by atoms with Crippen molar-refractivity contribution in [2.45, 2.75) is 51.6 Å². The van der Waals surface area contributed by atoms with Crippen molar-refractivity contribution in [2.75, 3.05) is 0 Å². The lowest BCUT2D eigenvalue weighted by atomic mass is 9.89. The Balaban J connectivity index is 2.44. The average molecular weight is 198 g/mol. The number of aldehydes is 1. The van der Waals surface area contributed by atoms with Crippen molar-refractivity contribution < 1.29 is 14.3 Å². The molecule has 14 heavy (non-hydrogen) atoms. The Labute approximate surface area is 84.8 Å². The highest BCUT2D eigenvalue weighted by molar-refractivity contribution is 5.76. The fraction of sp³-hybridized carbons (Fsp3) is 0.818. The Bertz CT molecular complexity index is 215. The Hall–Kier alpha value is -0.860. The number of hydrogen-bond acceptors (Lipinski definition) is 3. The summed E-state index contributed by atoms with van der Waals surface area (Å²) in [7, 11) is 0. The molecule has 0 aliphatic heterocycles. The minimum absolute atomic E-state index is 0.0166. The van der Waals surface area contributed by atoms with E-state index in [1.807, 2.05) is 0 Å². The van der Waals surface area contributed by atoms with Crippen molar-refractivity contribution >= 4 is 12.3 Å². The molecule has 1 saturated carbocycles. The van der Waals surface area contributed by atoms with Gasteiger partial charge >= 0.3 is 5.97 Å². The zero-order valence-electron chi connectivity index (χ0n) is 8.91. The highest BCUT2D eigenvalue weighted by Crippen LogP contribution is 2.25. The smallest absolute Gasteiger partial charge is 0.309 e. The van der Waals surface area contributed by atoms with Crippen LogP contribution in [0.3, 0.4) is 0 Å². The van der Waals surface area contributed by atoms with Gasteiger partial charge in [-0.05, 0) is 26.7 Å². The minimum Gasteiger partial charge on any atom is -0.452 e. The number of rotatable bonds is 3. The third-order valence-electron chi connectivity index (χ3n) is 2.59. The maximum absolute atomic E-state index is 11.6. The van der Waals surface area contributed by atoms with Crippen molar-refractivity contribution in [1.29, 1.82) is 0 Å². The molecule has 1 aliphatic carbocycles. The van der Waals surface area contributed by atoms with Gasteiger partial charge in [0.15, 0.2) is 11.9 Å². The molecule has 0 atom stereocenters. The number of esters is 1. The number of ether oxygens (including phenoxy) is 1. The first-order valence-corrected chi connectivity index (χ1v) is 5.24. The molecule has 0 N–H and O–H groups in total. The van der Waals surface area contributed by atoms with E-state index >= 15 is 0 Å². The second-order valence-electron chi connectivity index (χ2n) is 4.48. The standard InChI is InChI=1S/C11H18O3/c1-11(2,8-12)14-10(13)9-6-4-3-5-7-9/h8-9H,3-7H2,1-2H3. The van der Waals surface area contributed by atoms with Crippen LogP contribution >= 0.6 is 0 Å². The second kappa shape index (κ2) is 4.58. The normalized spacial score (nSPS) is 19.0. The second-order valence-corrected chi connectivity index (χ2v) is 4.48. The van der Waals surface area contributed by atoms with Crippen molar-refractivity contribution in [3.63, 3.8) is 0 Å². The first-order chi connectivity index (χ1) is 6.55. The molecule has 0 heterocycles. The van der Waals surface area contributed by atoms with E-state index in [1.54, 1.807) is 13.8 Å². The molecule has 0 spiro atoms. The van der Waals surface area contributed by atoms with Crippen LogP contribution in [0, 0.1) is 5.92 Å². The van der Waals surface area contributed by atoms with Crippen molar-refractivity contribution in [3.8, 4) is 0 Å². The predicted octanol–water partition coefficient (Wildman–Crippen LogP) is 2.09. The van der Waals surface area contributed by atoms with Gasteiger partial charge in [-0.25, -0.2) is 0 Å². The van der Waals surface area contributed by atoms with E-state index in [4.69, 9.17) is 4.74 Å². The Morgan fingerprint density at radius 1 is 1.29 bits per heavy atom. The molecular weight excluding hydrogens is 180 g/mol. The van der Waals surface area contributed by atoms with Gasteiger partial charge < -0.3 is 4.74 Å². The molecule has 3 heteroatoms. The van der Waals surface area contributed by atoms with E-state index < -0.39 is 5.60 Å². The van der Waals surface area contributed by atoms with E-state index in [2.05, 4.69) is 0 Å². The molecule has 0 aromatic carbocycles. The molecule has 0 aromatic heterocycles. The van der Waals surface area contributed by atoms with Gasteiger partial charge in [0, 0.05) is 0 Å². The third-order valence-corrected chi connectivity index (χ3v) is 2.59. The Morgan fingerprint density at radius 3 is 2.36 bits per heavy atom. The molecule has 3 nitrogen and oxygen atoms in total. The summed E-state index contributed by atoms with van der Waals surface area (Å²) in [5.74, 6) is -0.190. The van der Waals surface area contributed by atoms with Gasteiger partial charge in [-0.15, -0.1) is 0 Å². The molecular formula is C11H18O3. The molecule has 0 unspecified atom stereocenters. The molecule has 0 amide bonds. The summed E-state index contributed by atoms with van der Waals surface area (Å²) in [6.07, 6.45) is 5.90. The summed E-state index contributed by atoms with van der Waals surface area (Å²) in [5.41, 5.74) is -0.964. The quantitative estimate of drug-likeness (QED) is 0.515. The van der Waals surface area contributed by atoms with Crippen LogP contribution in [-0.4, -0.2) is 17.9 Å². The molecule has 80 valence electrons. The molecule has 1 aliphatic rings. The topological polar surface area (TPSA) is 43.4 Å². The lowest BCUT2D eigenvalue weighted by Crippen LogP contribution is -2.33. The molecule has 0 radical (unpaired) electrons. The first-order valence-electron chi connectivity index (χ1n) is 5.24. The van der Waals surface area contributed by atoms with E-state index in [9.17, 15) is 9.59 Å². The summed E-state index contributed by atoms with van der Waals surface area (Å²) in [6, 6.07) is 0. The van der Waals surface area contributed by atoms with Gasteiger partial charge in [0.25, 0.3) is 0 Å².